The average Bonchev–Trinajstić information content (AvgIpc) is 1.46. The Morgan fingerprint density at radius 1 is 1.40 bits per heavy atom. The summed E-state index contributed by atoms with van der Waals surface area (Å²) >= 11 is 10.4. The van der Waals surface area contributed by atoms with Crippen LogP contribution in [0.25, 0.3) is 0 Å². The molecule has 0 rings (SSSR count). The maximum atomic E-state index is 4.76. The number of hydrogen-bond donors (Lipinski definition) is 0. The van der Waals surface area contributed by atoms with E-state index in [9.17, 15) is 0 Å². The molecule has 0 N–H and O–H groups in total. The van der Waals surface area contributed by atoms with Crippen LogP contribution >= 0.6 is 32.1 Å². The first-order valence-corrected chi connectivity index (χ1v) is 6.98. The van der Waals surface area contributed by atoms with Gasteiger partial charge in [-0.05, 0) is 0 Å². The fourth-order valence-electron chi connectivity index (χ4n) is 0. The topological polar surface area (TPSA) is 0 Å². The summed E-state index contributed by atoms with van der Waals surface area (Å²) in [4.78, 5) is 0. The standard InChI is InChI=1S/CH2Cl2.Bi.S.H/c2-1-3;;;/h1H2;;;. The first kappa shape index (κ1) is 9.84. The molecular formula is CH3BiCl2S. The fraction of sp³-hybridized carbons (Fsp3) is 1.00. The number of rotatable bonds is 0. The molecule has 0 aromatic heterocycles. The van der Waals surface area contributed by atoms with Gasteiger partial charge in [0.1, 0.15) is 0 Å². The van der Waals surface area contributed by atoms with E-state index in [1.165, 1.54) is 0 Å². The van der Waals surface area contributed by atoms with Crippen molar-refractivity contribution in [2.45, 2.75) is 0 Å². The molecule has 0 fully saturated rings. The van der Waals surface area contributed by atoms with Crippen LogP contribution in [0, 0.1) is 0 Å². The van der Waals surface area contributed by atoms with Crippen molar-refractivity contribution in [3.05, 3.63) is 0 Å². The summed E-state index contributed by atoms with van der Waals surface area (Å²) in [6.45, 7) is 0. The van der Waals surface area contributed by atoms with Crippen LogP contribution in [0.2, 0.25) is 0 Å². The minimum atomic E-state index is 0.194. The molecule has 5 heavy (non-hydrogen) atoms. The summed E-state index contributed by atoms with van der Waals surface area (Å²) in [5.74, 6) is 0. The molecule has 0 aliphatic carbocycles. The van der Waals surface area contributed by atoms with Gasteiger partial charge in [0, 0.05) is 0 Å². The molecule has 0 unspecified atom stereocenters. The van der Waals surface area contributed by atoms with Crippen LogP contribution in [-0.4, -0.2) is 28.0 Å². The van der Waals surface area contributed by atoms with Crippen molar-refractivity contribution in [3.63, 3.8) is 0 Å². The van der Waals surface area contributed by atoms with E-state index in [1.807, 2.05) is 0 Å². The van der Waals surface area contributed by atoms with Gasteiger partial charge in [-0.25, -0.2) is 0 Å². The molecule has 0 spiro atoms. The van der Waals surface area contributed by atoms with E-state index >= 15 is 0 Å². The van der Waals surface area contributed by atoms with Gasteiger partial charge in [-0.15, -0.1) is 23.2 Å². The summed E-state index contributed by atoms with van der Waals surface area (Å²) in [7, 11) is 4.22. The van der Waals surface area contributed by atoms with Crippen molar-refractivity contribution in [2.24, 2.45) is 0 Å². The van der Waals surface area contributed by atoms with E-state index in [1.54, 1.807) is 0 Å². The van der Waals surface area contributed by atoms with Gasteiger partial charge in [0.25, 0.3) is 0 Å². The fourth-order valence-corrected chi connectivity index (χ4v) is 0. The predicted molar refractivity (Wildman–Crippen MR) is 31.3 cm³/mol. The van der Waals surface area contributed by atoms with Crippen LogP contribution in [0.5, 0.6) is 0 Å². The number of alkyl halides is 2. The first-order valence-electron chi connectivity index (χ1n) is 0.739. The van der Waals surface area contributed by atoms with E-state index < -0.39 is 0 Å². The van der Waals surface area contributed by atoms with Crippen LogP contribution in [0.4, 0.5) is 0 Å². The molecule has 0 aliphatic heterocycles. The van der Waals surface area contributed by atoms with Crippen LogP contribution in [-0.2, 0) is 0 Å². The molecule has 32 valence electrons. The monoisotopic (exact) mass is 326 g/mol. The molecule has 0 nitrogen and oxygen atoms in total. The second-order valence-corrected chi connectivity index (χ2v) is 0.909. The summed E-state index contributed by atoms with van der Waals surface area (Å²) in [6.07, 6.45) is 0. The van der Waals surface area contributed by atoms with Crippen molar-refractivity contribution in [1.29, 1.82) is 0 Å². The molecule has 0 aromatic rings. The van der Waals surface area contributed by atoms with Gasteiger partial charge in [0.2, 0.25) is 0 Å². The first-order chi connectivity index (χ1) is 2.41. The van der Waals surface area contributed by atoms with Crippen LogP contribution in [0.15, 0.2) is 0 Å². The molecular weight excluding hydrogens is 324 g/mol. The maximum absolute atomic E-state index is 4.76. The Morgan fingerprint density at radius 3 is 1.40 bits per heavy atom. The molecule has 0 atom stereocenters. The summed E-state index contributed by atoms with van der Waals surface area (Å²) in [5, 5.41) is 0.194. The second-order valence-electron chi connectivity index (χ2n) is 0.101. The Morgan fingerprint density at radius 2 is 1.40 bits per heavy atom. The predicted octanol–water partition coefficient (Wildman–Crippen LogP) is 1.42. The van der Waals surface area contributed by atoms with Crippen molar-refractivity contribution in [2.75, 3.05) is 5.34 Å². The van der Waals surface area contributed by atoms with E-state index in [-0.39, 0.29) is 5.34 Å². The van der Waals surface area contributed by atoms with Crippen molar-refractivity contribution in [1.82, 2.24) is 0 Å². The Balaban J connectivity index is 0. The van der Waals surface area contributed by atoms with Crippen LogP contribution in [0.1, 0.15) is 0 Å². The van der Waals surface area contributed by atoms with Gasteiger partial charge in [-0.3, -0.25) is 0 Å². The van der Waals surface area contributed by atoms with Crippen LogP contribution < -0.4 is 0 Å². The Labute approximate surface area is 59.6 Å². The van der Waals surface area contributed by atoms with Crippen molar-refractivity contribution < 1.29 is 0 Å². The summed E-state index contributed by atoms with van der Waals surface area (Å²) < 4.78 is 0. The quantitative estimate of drug-likeness (QED) is 0.479. The zero-order valence-corrected chi connectivity index (χ0v) is 8.59. The molecule has 0 aromatic carbocycles. The zero-order chi connectivity index (χ0) is 4.71. The molecule has 0 amide bonds. The van der Waals surface area contributed by atoms with Crippen molar-refractivity contribution in [3.8, 4) is 0 Å². The zero-order valence-electron chi connectivity index (χ0n) is 2.37. The van der Waals surface area contributed by atoms with E-state index in [4.69, 9.17) is 23.2 Å². The van der Waals surface area contributed by atoms with Crippen LogP contribution in [0.3, 0.4) is 0 Å². The minimum absolute atomic E-state index is 0.194. The number of halogens is 2. The third-order valence-electron chi connectivity index (χ3n) is 0. The normalized spacial score (nSPS) is 4.40. The average molecular weight is 327 g/mol. The van der Waals surface area contributed by atoms with E-state index in [0.717, 1.165) is 22.7 Å². The van der Waals surface area contributed by atoms with Gasteiger partial charge < -0.3 is 0 Å². The van der Waals surface area contributed by atoms with Gasteiger partial charge >= 0.3 is 31.5 Å². The van der Waals surface area contributed by atoms with E-state index in [0.29, 0.717) is 0 Å². The SMILES string of the molecule is ClCCl.[S]=[BiH]. The second kappa shape index (κ2) is 17.3. The number of hydrogen-bond acceptors (Lipinski definition) is 1. The summed E-state index contributed by atoms with van der Waals surface area (Å²) in [6, 6.07) is 0. The van der Waals surface area contributed by atoms with Gasteiger partial charge in [-0.1, -0.05) is 0 Å². The van der Waals surface area contributed by atoms with Crippen molar-refractivity contribution >= 4 is 54.7 Å². The molecule has 0 saturated carbocycles. The Kier molecular flexibility index (Phi) is 34.1. The van der Waals surface area contributed by atoms with Gasteiger partial charge in [0.05, 0.1) is 5.34 Å². The molecule has 0 heterocycles. The third kappa shape index (κ3) is 27.2. The molecule has 0 aliphatic rings. The van der Waals surface area contributed by atoms with Gasteiger partial charge in [-0.2, -0.15) is 0 Å². The van der Waals surface area contributed by atoms with Gasteiger partial charge in [0.15, 0.2) is 0 Å². The molecule has 4 heteroatoms. The molecule has 0 radical (unpaired) electrons. The Bertz CT molecular complexity index is 13.6. The molecule has 0 saturated heterocycles. The molecule has 0 bridgehead atoms. The summed E-state index contributed by atoms with van der Waals surface area (Å²) in [5.41, 5.74) is 0. The third-order valence-corrected chi connectivity index (χ3v) is 0. The Hall–Kier alpha value is 1.68. The van der Waals surface area contributed by atoms with E-state index in [2.05, 4.69) is 8.86 Å².